The van der Waals surface area contributed by atoms with Gasteiger partial charge in [0.1, 0.15) is 119 Å². The maximum atomic E-state index is 17.8. The van der Waals surface area contributed by atoms with Gasteiger partial charge in [-0.3, -0.25) is 76.7 Å². The van der Waals surface area contributed by atoms with Gasteiger partial charge >= 0.3 is 0 Å². The summed E-state index contributed by atoms with van der Waals surface area (Å²) in [5.74, 6) is -63.5. The lowest BCUT2D eigenvalue weighted by Crippen LogP contribution is -2.91. The van der Waals surface area contributed by atoms with E-state index in [2.05, 4.69) is 0 Å². The highest BCUT2D eigenvalue weighted by atomic mass is 16.6. The first-order chi connectivity index (χ1) is 58.6. The number of hydrogen-bond donors (Lipinski definition) is 32. The van der Waals surface area contributed by atoms with Gasteiger partial charge in [-0.15, -0.1) is 0 Å². The molecule has 720 valence electrons. The highest BCUT2D eigenvalue weighted by Gasteiger charge is 2.95. The fourth-order valence-electron chi connectivity index (χ4n) is 16.5. The van der Waals surface area contributed by atoms with Crippen LogP contribution in [0.4, 0.5) is 0 Å². The van der Waals surface area contributed by atoms with Crippen LogP contribution in [0.1, 0.15) is 129 Å². The molecule has 16 unspecified atom stereocenters. The van der Waals surface area contributed by atoms with Crippen molar-refractivity contribution < 1.29 is 245 Å². The van der Waals surface area contributed by atoms with Crippen molar-refractivity contribution in [2.24, 2.45) is 32.5 Å². The van der Waals surface area contributed by atoms with E-state index in [0.717, 1.165) is 0 Å². The molecule has 0 bridgehead atoms. The van der Waals surface area contributed by atoms with Crippen LogP contribution in [0.2, 0.25) is 0 Å². The van der Waals surface area contributed by atoms with Crippen LogP contribution in [0.25, 0.3) is 0 Å². The molecule has 0 aromatic carbocycles. The molecule has 0 radical (unpaired) electrons. The SMILES string of the molecule is CCCCCCCCCCC(C(=O)C(O)CO)(C(=O)C(O)CO)C(C(=O)C(O)CO)(C(=O)C(O)CO)C(C(=O)C(O)CO)(C(=O)C(O)CO)C(OC(C(=O)C(O)CO)(C(=O)C(O)CO)C(C(=O)C(O)CO)(C(=O)C(O)CO)C(C(=O)C(O)CO)(C(=O)C(O)CO)C(CCCCCCCCCC)(C(=O)C(O)CO)C(=O)C(O)CO)(C(=O)C(O)CO)C(=O)C(O)CO. The molecule has 0 amide bonds. The number of carbonyl (C=O) groups is 16. The number of ether oxygens (including phenoxy) is 1. The Morgan fingerprint density at radius 1 is 0.176 bits per heavy atom. The van der Waals surface area contributed by atoms with Crippen molar-refractivity contribution in [3.05, 3.63) is 0 Å². The fourth-order valence-corrected chi connectivity index (χ4v) is 16.5. The molecule has 0 spiro atoms. The Labute approximate surface area is 711 Å². The lowest BCUT2D eigenvalue weighted by atomic mass is 9.34. The second-order valence-corrected chi connectivity index (χ2v) is 29.7. The second-order valence-electron chi connectivity index (χ2n) is 29.7. The van der Waals surface area contributed by atoms with Crippen LogP contribution in [-0.2, 0) is 81.4 Å². The molecule has 0 fully saturated rings. The monoisotopic (exact) mass is 1820 g/mol. The third-order valence-corrected chi connectivity index (χ3v) is 22.2. The van der Waals surface area contributed by atoms with Gasteiger partial charge in [0.2, 0.25) is 34.3 Å². The van der Waals surface area contributed by atoms with Gasteiger partial charge in [0.25, 0.3) is 0 Å². The molecule has 125 heavy (non-hydrogen) atoms. The van der Waals surface area contributed by atoms with Crippen LogP contribution in [-0.4, -0.2) is 471 Å². The fraction of sp³-hybridized carbons (Fsp3) is 0.789. The van der Waals surface area contributed by atoms with Crippen molar-refractivity contribution in [3.8, 4) is 0 Å². The Hall–Kier alpha value is -6.60. The number of aliphatic hydroxyl groups excluding tert-OH is 32. The molecule has 0 aliphatic carbocycles. The van der Waals surface area contributed by atoms with Crippen LogP contribution in [0.5, 0.6) is 0 Å². The summed E-state index contributed by atoms with van der Waals surface area (Å²) in [5, 5.41) is 380. The molecule has 49 nitrogen and oxygen atoms in total. The summed E-state index contributed by atoms with van der Waals surface area (Å²) in [7, 11) is 0. The molecule has 0 saturated heterocycles. The van der Waals surface area contributed by atoms with Crippen molar-refractivity contribution in [2.75, 3.05) is 106 Å². The topological polar surface area (TPSA) is 930 Å². The van der Waals surface area contributed by atoms with Crippen LogP contribution in [0, 0.1) is 32.5 Å². The molecule has 0 saturated carbocycles. The Morgan fingerprint density at radius 3 is 0.440 bits per heavy atom. The summed E-state index contributed by atoms with van der Waals surface area (Å²) in [6.07, 6.45) is -82.0. The zero-order chi connectivity index (χ0) is 97.2. The van der Waals surface area contributed by atoms with Gasteiger partial charge in [-0.2, -0.15) is 0 Å². The minimum atomic E-state index is -7.73. The second kappa shape index (κ2) is 53.5. The van der Waals surface area contributed by atoms with Crippen molar-refractivity contribution in [1.82, 2.24) is 0 Å². The number of hydrogen-bond acceptors (Lipinski definition) is 49. The summed E-state index contributed by atoms with van der Waals surface area (Å²) >= 11 is 0. The summed E-state index contributed by atoms with van der Waals surface area (Å²) in [4.78, 5) is 279. The number of Topliss-reactive ketones (excluding diaryl/α,β-unsaturated/α-hetero) is 16. The number of rotatable bonds is 74. The van der Waals surface area contributed by atoms with Gasteiger partial charge in [0.15, 0.2) is 80.2 Å². The summed E-state index contributed by atoms with van der Waals surface area (Å²) in [6, 6.07) is 0. The Balaban J connectivity index is 15.7. The molecular weight excluding hydrogens is 1700 g/mol. The van der Waals surface area contributed by atoms with Crippen LogP contribution in [0.3, 0.4) is 0 Å². The Morgan fingerprint density at radius 2 is 0.296 bits per heavy atom. The normalized spacial score (nSPS) is 19.8. The largest absolute Gasteiger partial charge is 0.393 e. The van der Waals surface area contributed by atoms with E-state index in [1.807, 2.05) is 0 Å². The van der Waals surface area contributed by atoms with Gasteiger partial charge in [0, 0.05) is 0 Å². The molecule has 0 aromatic heterocycles. The van der Waals surface area contributed by atoms with Crippen molar-refractivity contribution >= 4 is 92.5 Å². The highest BCUT2D eigenvalue weighted by molar-refractivity contribution is 6.39. The zero-order valence-electron chi connectivity index (χ0n) is 68.5. The lowest BCUT2D eigenvalue weighted by molar-refractivity contribution is -0.268. The van der Waals surface area contributed by atoms with E-state index < -0.39 is 391 Å². The lowest BCUT2D eigenvalue weighted by Gasteiger charge is -2.65. The third kappa shape index (κ3) is 21.9. The van der Waals surface area contributed by atoms with Crippen molar-refractivity contribution in [2.45, 2.75) is 238 Å². The molecule has 0 aliphatic rings. The molecule has 0 heterocycles. The Kier molecular flexibility index (Phi) is 50.7. The van der Waals surface area contributed by atoms with E-state index >= 15 is 76.7 Å². The van der Waals surface area contributed by atoms with E-state index in [9.17, 15) is 163 Å². The standard InChI is InChI=1S/C76H122O49/c1-3-5-7-9-11-13-15-17-19-69(53(109)37(93)21-77,54(110)38(94)22-78)71(57(113)41(97)25-81,58(114)42(98)26-82)73(61(117)45(101)29-85,62(118)46(102)30-86)75(65(121)49(105)33-89,66(122)50(106)34-90)125-76(67(123)51(107)35-91,68(124)52(108)36-92)74(63(119)47(103)31-87,64(120)48(104)32-88)72(59(115)43(99)27-83,60(116)44(100)28-84)70(55(111)39(95)23-79,56(112)40(96)24-80)20-18-16-14-12-10-8-6-4-2/h37-52,77-108H,3-36H2,1-2H3. The average Bonchev–Trinajstić information content (AvgIpc) is 0.635. The molecule has 32 N–H and O–H groups in total. The molecule has 0 aliphatic heterocycles. The zero-order valence-corrected chi connectivity index (χ0v) is 68.5. The maximum Gasteiger partial charge on any atom is 0.212 e. The smallest absolute Gasteiger partial charge is 0.212 e. The molecule has 49 heteroatoms. The molecule has 16 atom stereocenters. The van der Waals surface area contributed by atoms with E-state index in [1.54, 1.807) is 13.8 Å². The van der Waals surface area contributed by atoms with Crippen LogP contribution < -0.4 is 0 Å². The highest BCUT2D eigenvalue weighted by Crippen LogP contribution is 2.71. The van der Waals surface area contributed by atoms with E-state index in [1.165, 1.54) is 0 Å². The van der Waals surface area contributed by atoms with Crippen molar-refractivity contribution in [1.29, 1.82) is 0 Å². The number of aliphatic hydroxyl groups is 32. The van der Waals surface area contributed by atoms with Crippen LogP contribution >= 0.6 is 0 Å². The van der Waals surface area contributed by atoms with Crippen molar-refractivity contribution in [3.63, 3.8) is 0 Å². The minimum absolute atomic E-state index is 0.111. The van der Waals surface area contributed by atoms with E-state index in [4.69, 9.17) is 4.74 Å². The first-order valence-electron chi connectivity index (χ1n) is 39.6. The Bertz CT molecular complexity index is 3190. The number of ketones is 16. The number of unbranched alkanes of at least 4 members (excludes halogenated alkanes) is 14. The summed E-state index contributed by atoms with van der Waals surface area (Å²) < 4.78 is 6.05. The first-order valence-corrected chi connectivity index (χ1v) is 39.6. The molecular formula is C76H122O49. The minimum Gasteiger partial charge on any atom is -0.393 e. The van der Waals surface area contributed by atoms with Gasteiger partial charge < -0.3 is 168 Å². The summed E-state index contributed by atoms with van der Waals surface area (Å²) in [5.41, 5.74) is -56.5. The predicted octanol–water partition coefficient (Wildman–Crippen LogP) is -17.8. The summed E-state index contributed by atoms with van der Waals surface area (Å²) in [6.45, 7) is -42.8. The van der Waals surface area contributed by atoms with Gasteiger partial charge in [-0.1, -0.05) is 117 Å². The van der Waals surface area contributed by atoms with Gasteiger partial charge in [-0.05, 0) is 12.8 Å². The quantitative estimate of drug-likeness (QED) is 0.0199. The average molecular weight is 1820 g/mol. The van der Waals surface area contributed by atoms with E-state index in [-0.39, 0.29) is 25.7 Å². The number of carbonyl (C=O) groups excluding carboxylic acids is 16. The van der Waals surface area contributed by atoms with E-state index in [0.29, 0.717) is 38.5 Å². The van der Waals surface area contributed by atoms with Gasteiger partial charge in [0.05, 0.1) is 106 Å². The molecule has 0 rings (SSSR count). The third-order valence-electron chi connectivity index (χ3n) is 22.2. The van der Waals surface area contributed by atoms with Crippen LogP contribution in [0.15, 0.2) is 0 Å². The predicted molar refractivity (Wildman–Crippen MR) is 405 cm³/mol. The first kappa shape index (κ1) is 118. The van der Waals surface area contributed by atoms with Gasteiger partial charge in [-0.25, -0.2) is 0 Å². The molecule has 0 aromatic rings. The maximum absolute atomic E-state index is 17.8.